The summed E-state index contributed by atoms with van der Waals surface area (Å²) in [5.41, 5.74) is 1.90. The maximum Gasteiger partial charge on any atom is 0.238 e. The normalized spacial score (nSPS) is 12.0. The van der Waals surface area contributed by atoms with Crippen LogP contribution in [0.4, 0.5) is 5.69 Å². The third-order valence-electron chi connectivity index (χ3n) is 3.51. The van der Waals surface area contributed by atoms with Crippen LogP contribution in [0.2, 0.25) is 0 Å². The van der Waals surface area contributed by atoms with E-state index in [-0.39, 0.29) is 30.9 Å². The highest BCUT2D eigenvalue weighted by Gasteiger charge is 2.14. The van der Waals surface area contributed by atoms with Gasteiger partial charge in [-0.05, 0) is 44.5 Å². The number of thiophene rings is 1. The summed E-state index contributed by atoms with van der Waals surface area (Å²) in [6.07, 6.45) is 0. The smallest absolute Gasteiger partial charge is 0.238 e. The molecule has 24 heavy (non-hydrogen) atoms. The van der Waals surface area contributed by atoms with Crippen LogP contribution in [0, 0.1) is 6.92 Å². The van der Waals surface area contributed by atoms with E-state index in [1.165, 1.54) is 0 Å². The summed E-state index contributed by atoms with van der Waals surface area (Å²) in [5, 5.41) is 7.75. The zero-order valence-corrected chi connectivity index (χ0v) is 15.0. The average Bonchev–Trinajstić information content (AvgIpc) is 3.03. The molecule has 0 fully saturated rings. The van der Waals surface area contributed by atoms with E-state index in [1.807, 2.05) is 55.6 Å². The number of nitrogens with one attached hydrogen (secondary N) is 2. The van der Waals surface area contributed by atoms with Crippen molar-refractivity contribution in [3.05, 3.63) is 52.2 Å². The van der Waals surface area contributed by atoms with Crippen molar-refractivity contribution in [1.29, 1.82) is 0 Å². The standard InChI is InChI=1S/C18H23N3O2S/c1-13-6-8-15(9-7-13)20-18(23)12-21(3)11-17(22)19-14(2)16-5-4-10-24-16/h4-10,14H,11-12H2,1-3H3,(H,19,22)(H,20,23)/t14-/m0/s1. The molecule has 6 heteroatoms. The van der Waals surface area contributed by atoms with Gasteiger partial charge in [0.05, 0.1) is 19.1 Å². The third-order valence-corrected chi connectivity index (χ3v) is 4.56. The zero-order valence-electron chi connectivity index (χ0n) is 14.2. The van der Waals surface area contributed by atoms with Crippen LogP contribution in [0.5, 0.6) is 0 Å². The van der Waals surface area contributed by atoms with E-state index in [1.54, 1.807) is 23.3 Å². The van der Waals surface area contributed by atoms with Gasteiger partial charge in [-0.15, -0.1) is 11.3 Å². The molecule has 0 aliphatic heterocycles. The Morgan fingerprint density at radius 3 is 2.42 bits per heavy atom. The summed E-state index contributed by atoms with van der Waals surface area (Å²) >= 11 is 1.61. The molecular formula is C18H23N3O2S. The number of likely N-dealkylation sites (N-methyl/N-ethyl adjacent to an activating group) is 1. The second-order valence-corrected chi connectivity index (χ2v) is 6.87. The Hall–Kier alpha value is -2.18. The molecule has 128 valence electrons. The molecule has 1 aromatic heterocycles. The number of amides is 2. The molecule has 2 amide bonds. The van der Waals surface area contributed by atoms with Gasteiger partial charge in [0.2, 0.25) is 11.8 Å². The monoisotopic (exact) mass is 345 g/mol. The van der Waals surface area contributed by atoms with Crippen molar-refractivity contribution in [3.63, 3.8) is 0 Å². The molecule has 2 rings (SSSR count). The van der Waals surface area contributed by atoms with Gasteiger partial charge in [0.15, 0.2) is 0 Å². The number of rotatable bonds is 7. The van der Waals surface area contributed by atoms with Crippen molar-refractivity contribution in [1.82, 2.24) is 10.2 Å². The van der Waals surface area contributed by atoms with Gasteiger partial charge >= 0.3 is 0 Å². The predicted octanol–water partition coefficient (Wildman–Crippen LogP) is 2.80. The number of nitrogens with zero attached hydrogens (tertiary/aromatic N) is 1. The zero-order chi connectivity index (χ0) is 17.5. The van der Waals surface area contributed by atoms with Crippen molar-refractivity contribution in [2.75, 3.05) is 25.5 Å². The molecule has 1 atom stereocenters. The van der Waals surface area contributed by atoms with Crippen LogP contribution < -0.4 is 10.6 Å². The van der Waals surface area contributed by atoms with Gasteiger partial charge in [0.1, 0.15) is 0 Å². The van der Waals surface area contributed by atoms with Crippen LogP contribution in [0.3, 0.4) is 0 Å². The van der Waals surface area contributed by atoms with Crippen molar-refractivity contribution >= 4 is 28.8 Å². The highest BCUT2D eigenvalue weighted by molar-refractivity contribution is 7.10. The molecule has 0 saturated heterocycles. The summed E-state index contributed by atoms with van der Waals surface area (Å²) in [6.45, 7) is 4.29. The summed E-state index contributed by atoms with van der Waals surface area (Å²) in [7, 11) is 1.75. The van der Waals surface area contributed by atoms with E-state index in [0.717, 1.165) is 16.1 Å². The maximum absolute atomic E-state index is 12.1. The predicted molar refractivity (Wildman–Crippen MR) is 98.2 cm³/mol. The molecule has 1 aromatic carbocycles. The number of aryl methyl sites for hydroxylation is 1. The van der Waals surface area contributed by atoms with E-state index < -0.39 is 0 Å². The second-order valence-electron chi connectivity index (χ2n) is 5.89. The largest absolute Gasteiger partial charge is 0.348 e. The fraction of sp³-hybridized carbons (Fsp3) is 0.333. The molecule has 0 aliphatic rings. The van der Waals surface area contributed by atoms with Crippen molar-refractivity contribution in [2.45, 2.75) is 19.9 Å². The van der Waals surface area contributed by atoms with Crippen LogP contribution in [-0.2, 0) is 9.59 Å². The van der Waals surface area contributed by atoms with Crippen LogP contribution in [0.25, 0.3) is 0 Å². The molecule has 5 nitrogen and oxygen atoms in total. The van der Waals surface area contributed by atoms with Gasteiger partial charge in [-0.1, -0.05) is 23.8 Å². The lowest BCUT2D eigenvalue weighted by molar-refractivity contribution is -0.123. The Labute approximate surface area is 146 Å². The van der Waals surface area contributed by atoms with Gasteiger partial charge in [0, 0.05) is 10.6 Å². The lowest BCUT2D eigenvalue weighted by atomic mass is 10.2. The number of benzene rings is 1. The number of carbonyl (C=O) groups is 2. The molecule has 0 spiro atoms. The van der Waals surface area contributed by atoms with Gasteiger partial charge in [-0.25, -0.2) is 0 Å². The minimum Gasteiger partial charge on any atom is -0.348 e. The molecule has 0 bridgehead atoms. The third kappa shape index (κ3) is 5.79. The minimum absolute atomic E-state index is 0.0210. The van der Waals surface area contributed by atoms with Crippen molar-refractivity contribution in [2.24, 2.45) is 0 Å². The Bertz CT molecular complexity index is 668. The van der Waals surface area contributed by atoms with Gasteiger partial charge in [-0.3, -0.25) is 14.5 Å². The van der Waals surface area contributed by atoms with Crippen LogP contribution in [0.15, 0.2) is 41.8 Å². The second kappa shape index (κ2) is 8.61. The summed E-state index contributed by atoms with van der Waals surface area (Å²) in [4.78, 5) is 26.9. The van der Waals surface area contributed by atoms with E-state index in [9.17, 15) is 9.59 Å². The van der Waals surface area contributed by atoms with Gasteiger partial charge < -0.3 is 10.6 Å². The first kappa shape index (κ1) is 18.2. The minimum atomic E-state index is -0.138. The van der Waals surface area contributed by atoms with Gasteiger partial charge in [-0.2, -0.15) is 0 Å². The van der Waals surface area contributed by atoms with E-state index >= 15 is 0 Å². The first-order chi connectivity index (χ1) is 11.4. The summed E-state index contributed by atoms with van der Waals surface area (Å²) < 4.78 is 0. The highest BCUT2D eigenvalue weighted by atomic mass is 32.1. The fourth-order valence-electron chi connectivity index (χ4n) is 2.28. The number of hydrogen-bond donors (Lipinski definition) is 2. The topological polar surface area (TPSA) is 61.4 Å². The van der Waals surface area contributed by atoms with E-state index in [0.29, 0.717) is 0 Å². The maximum atomic E-state index is 12.1. The van der Waals surface area contributed by atoms with E-state index in [2.05, 4.69) is 10.6 Å². The highest BCUT2D eigenvalue weighted by Crippen LogP contribution is 2.17. The van der Waals surface area contributed by atoms with Gasteiger partial charge in [0.25, 0.3) is 0 Å². The van der Waals surface area contributed by atoms with Crippen molar-refractivity contribution < 1.29 is 9.59 Å². The number of anilines is 1. The first-order valence-electron chi connectivity index (χ1n) is 7.82. The molecule has 1 heterocycles. The van der Waals surface area contributed by atoms with Crippen LogP contribution in [-0.4, -0.2) is 36.9 Å². The molecule has 0 unspecified atom stereocenters. The van der Waals surface area contributed by atoms with E-state index in [4.69, 9.17) is 0 Å². The molecular weight excluding hydrogens is 322 g/mol. The lowest BCUT2D eigenvalue weighted by Gasteiger charge is -2.18. The first-order valence-corrected chi connectivity index (χ1v) is 8.70. The van der Waals surface area contributed by atoms with Crippen LogP contribution in [0.1, 0.15) is 23.4 Å². The fourth-order valence-corrected chi connectivity index (χ4v) is 3.01. The molecule has 0 saturated carbocycles. The SMILES string of the molecule is Cc1ccc(NC(=O)CN(C)CC(=O)N[C@@H](C)c2cccs2)cc1. The molecule has 2 N–H and O–H groups in total. The molecule has 0 aliphatic carbocycles. The average molecular weight is 345 g/mol. The summed E-state index contributed by atoms with van der Waals surface area (Å²) in [6, 6.07) is 11.5. The Balaban J connectivity index is 1.75. The number of carbonyl (C=O) groups excluding carboxylic acids is 2. The Kier molecular flexibility index (Phi) is 6.52. The molecule has 2 aromatic rings. The van der Waals surface area contributed by atoms with Crippen LogP contribution >= 0.6 is 11.3 Å². The number of hydrogen-bond acceptors (Lipinski definition) is 4. The Morgan fingerprint density at radius 1 is 1.12 bits per heavy atom. The lowest BCUT2D eigenvalue weighted by Crippen LogP contribution is -2.39. The quantitative estimate of drug-likeness (QED) is 0.811. The van der Waals surface area contributed by atoms with Crippen molar-refractivity contribution in [3.8, 4) is 0 Å². The molecule has 0 radical (unpaired) electrons. The summed E-state index contributed by atoms with van der Waals surface area (Å²) in [5.74, 6) is -0.234. The Morgan fingerprint density at radius 2 is 1.79 bits per heavy atom.